The average molecular weight is 502 g/mol. The number of aliphatic hydroxyl groups is 1. The molecule has 3 rings (SSSR count). The third-order valence-electron chi connectivity index (χ3n) is 4.35. The molecule has 0 saturated heterocycles. The Balaban J connectivity index is 1.75. The Labute approximate surface area is 195 Å². The standard InChI is InChI=1S/C21H16Cl2F3N3O4/c22-14-7-12(8-15(23)18(14)30)19(31)29-16-10-27-6-5-13(16)20(32)28-9-11-3-1-2-4-17(11)33-21(24,25)26/h1-8,10,19,29-31H,9H2,(H,28,32). The highest BCUT2D eigenvalue weighted by atomic mass is 35.5. The highest BCUT2D eigenvalue weighted by Gasteiger charge is 2.32. The number of phenolic OH excluding ortho intramolecular Hbond substituents is 1. The summed E-state index contributed by atoms with van der Waals surface area (Å²) in [5, 5.41) is 25.2. The number of benzene rings is 2. The van der Waals surface area contributed by atoms with Crippen LogP contribution in [0.5, 0.6) is 11.5 Å². The van der Waals surface area contributed by atoms with Crippen LogP contribution in [0.15, 0.2) is 54.9 Å². The SMILES string of the molecule is O=C(NCc1ccccc1OC(F)(F)F)c1ccncc1NC(O)c1cc(Cl)c(O)c(Cl)c1. The molecule has 0 aliphatic carbocycles. The maximum Gasteiger partial charge on any atom is 0.573 e. The van der Waals surface area contributed by atoms with Crippen LogP contribution in [0.4, 0.5) is 18.9 Å². The molecule has 1 unspecified atom stereocenters. The molecule has 1 amide bonds. The van der Waals surface area contributed by atoms with E-state index in [0.29, 0.717) is 0 Å². The number of hydrogen-bond donors (Lipinski definition) is 4. The molecule has 0 fully saturated rings. The molecule has 12 heteroatoms. The molecule has 1 aromatic heterocycles. The lowest BCUT2D eigenvalue weighted by molar-refractivity contribution is -0.274. The van der Waals surface area contributed by atoms with Crippen LogP contribution in [0.3, 0.4) is 0 Å². The van der Waals surface area contributed by atoms with Crippen LogP contribution < -0.4 is 15.4 Å². The van der Waals surface area contributed by atoms with Crippen LogP contribution in [-0.2, 0) is 6.54 Å². The van der Waals surface area contributed by atoms with Gasteiger partial charge in [0.25, 0.3) is 5.91 Å². The zero-order valence-corrected chi connectivity index (χ0v) is 18.0. The van der Waals surface area contributed by atoms with E-state index in [1.54, 1.807) is 0 Å². The van der Waals surface area contributed by atoms with Crippen LogP contribution in [-0.4, -0.2) is 27.5 Å². The number of aromatic hydroxyl groups is 1. The van der Waals surface area contributed by atoms with Crippen molar-refractivity contribution in [2.24, 2.45) is 0 Å². The number of carbonyl (C=O) groups excluding carboxylic acids is 1. The van der Waals surface area contributed by atoms with Crippen LogP contribution in [0, 0.1) is 0 Å². The summed E-state index contributed by atoms with van der Waals surface area (Å²) in [5.41, 5.74) is 0.508. The van der Waals surface area contributed by atoms with Gasteiger partial charge in [0.1, 0.15) is 5.75 Å². The molecule has 0 spiro atoms. The van der Waals surface area contributed by atoms with E-state index in [9.17, 15) is 28.2 Å². The van der Waals surface area contributed by atoms with E-state index in [4.69, 9.17) is 23.2 Å². The first-order chi connectivity index (χ1) is 15.5. The number of halogens is 5. The van der Waals surface area contributed by atoms with Gasteiger partial charge in [0, 0.05) is 23.9 Å². The van der Waals surface area contributed by atoms with Crippen molar-refractivity contribution in [1.29, 1.82) is 0 Å². The number of alkyl halides is 3. The summed E-state index contributed by atoms with van der Waals surface area (Å²) in [7, 11) is 0. The third kappa shape index (κ3) is 6.41. The fraction of sp³-hybridized carbons (Fsp3) is 0.143. The van der Waals surface area contributed by atoms with Crippen molar-refractivity contribution < 1.29 is 32.9 Å². The smallest absolute Gasteiger partial charge is 0.505 e. The number of para-hydroxylation sites is 1. The second-order valence-corrected chi connectivity index (χ2v) is 7.45. The fourth-order valence-electron chi connectivity index (χ4n) is 2.83. The maximum absolute atomic E-state index is 12.7. The van der Waals surface area contributed by atoms with Crippen molar-refractivity contribution in [2.45, 2.75) is 19.1 Å². The summed E-state index contributed by atoms with van der Waals surface area (Å²) in [6.07, 6.45) is -3.64. The van der Waals surface area contributed by atoms with Gasteiger partial charge in [-0.05, 0) is 24.3 Å². The summed E-state index contributed by atoms with van der Waals surface area (Å²) >= 11 is 11.7. The normalized spacial score (nSPS) is 12.2. The quantitative estimate of drug-likeness (QED) is 0.338. The van der Waals surface area contributed by atoms with Gasteiger partial charge in [-0.15, -0.1) is 13.2 Å². The van der Waals surface area contributed by atoms with Crippen molar-refractivity contribution >= 4 is 34.8 Å². The Morgan fingerprint density at radius 2 is 1.82 bits per heavy atom. The molecule has 0 saturated carbocycles. The summed E-state index contributed by atoms with van der Waals surface area (Å²) in [6.45, 7) is -0.251. The molecule has 3 aromatic rings. The van der Waals surface area contributed by atoms with Gasteiger partial charge >= 0.3 is 6.36 Å². The fourth-order valence-corrected chi connectivity index (χ4v) is 3.33. The molecule has 174 valence electrons. The van der Waals surface area contributed by atoms with E-state index in [-0.39, 0.29) is 44.7 Å². The molecular weight excluding hydrogens is 486 g/mol. The first kappa shape index (κ1) is 24.4. The highest BCUT2D eigenvalue weighted by molar-refractivity contribution is 6.37. The zero-order valence-electron chi connectivity index (χ0n) is 16.5. The van der Waals surface area contributed by atoms with Crippen molar-refractivity contribution in [3.05, 3.63) is 81.6 Å². The number of rotatable bonds is 7. The number of aromatic nitrogens is 1. The molecule has 2 aromatic carbocycles. The second kappa shape index (κ2) is 10.2. The summed E-state index contributed by atoms with van der Waals surface area (Å²) in [5.74, 6) is -1.42. The first-order valence-electron chi connectivity index (χ1n) is 9.23. The predicted molar refractivity (Wildman–Crippen MR) is 115 cm³/mol. The van der Waals surface area contributed by atoms with Crippen molar-refractivity contribution in [2.75, 3.05) is 5.32 Å². The highest BCUT2D eigenvalue weighted by Crippen LogP contribution is 2.35. The molecule has 0 aliphatic rings. The van der Waals surface area contributed by atoms with Crippen molar-refractivity contribution in [3.8, 4) is 11.5 Å². The Morgan fingerprint density at radius 1 is 1.15 bits per heavy atom. The predicted octanol–water partition coefficient (Wildman–Crippen LogP) is 5.03. The third-order valence-corrected chi connectivity index (χ3v) is 4.93. The summed E-state index contributed by atoms with van der Waals surface area (Å²) in [6, 6.07) is 9.34. The molecule has 0 radical (unpaired) electrons. The molecule has 1 atom stereocenters. The number of anilines is 1. The number of aliphatic hydroxyl groups excluding tert-OH is 1. The van der Waals surface area contributed by atoms with Crippen molar-refractivity contribution in [1.82, 2.24) is 10.3 Å². The Hall–Kier alpha value is -3.21. The number of phenols is 1. The van der Waals surface area contributed by atoms with Gasteiger partial charge in [-0.2, -0.15) is 0 Å². The first-order valence-corrected chi connectivity index (χ1v) is 9.99. The molecule has 4 N–H and O–H groups in total. The van der Waals surface area contributed by atoms with E-state index in [1.807, 2.05) is 0 Å². The summed E-state index contributed by atoms with van der Waals surface area (Å²) < 4.78 is 41.8. The van der Waals surface area contributed by atoms with Crippen LogP contribution in [0.25, 0.3) is 0 Å². The van der Waals surface area contributed by atoms with Gasteiger partial charge in [-0.3, -0.25) is 9.78 Å². The molecule has 33 heavy (non-hydrogen) atoms. The number of carbonyl (C=O) groups is 1. The summed E-state index contributed by atoms with van der Waals surface area (Å²) in [4.78, 5) is 16.6. The number of ether oxygens (including phenoxy) is 1. The number of nitrogens with one attached hydrogen (secondary N) is 2. The minimum Gasteiger partial charge on any atom is -0.505 e. The van der Waals surface area contributed by atoms with Gasteiger partial charge in [-0.1, -0.05) is 41.4 Å². The Kier molecular flexibility index (Phi) is 7.52. The number of nitrogens with zero attached hydrogens (tertiary/aromatic N) is 1. The van der Waals surface area contributed by atoms with Crippen LogP contribution in [0.2, 0.25) is 10.0 Å². The minimum absolute atomic E-state index is 0.0641. The van der Waals surface area contributed by atoms with Gasteiger partial charge in [0.05, 0.1) is 27.5 Å². The number of hydrogen-bond acceptors (Lipinski definition) is 6. The monoisotopic (exact) mass is 501 g/mol. The van der Waals surface area contributed by atoms with Crippen LogP contribution in [0.1, 0.15) is 27.7 Å². The Bertz CT molecular complexity index is 1140. The molecule has 0 bridgehead atoms. The topological polar surface area (TPSA) is 104 Å². The minimum atomic E-state index is -4.88. The lowest BCUT2D eigenvalue weighted by atomic mass is 10.1. The van der Waals surface area contributed by atoms with Gasteiger partial charge < -0.3 is 25.6 Å². The molecule has 7 nitrogen and oxygen atoms in total. The second-order valence-electron chi connectivity index (χ2n) is 6.64. The van der Waals surface area contributed by atoms with E-state index in [2.05, 4.69) is 20.4 Å². The van der Waals surface area contributed by atoms with E-state index < -0.39 is 24.2 Å². The lowest BCUT2D eigenvalue weighted by Gasteiger charge is -2.18. The largest absolute Gasteiger partial charge is 0.573 e. The van der Waals surface area contributed by atoms with Gasteiger partial charge in [-0.25, -0.2) is 0 Å². The Morgan fingerprint density at radius 3 is 2.48 bits per heavy atom. The lowest BCUT2D eigenvalue weighted by Crippen LogP contribution is -2.25. The number of amides is 1. The van der Waals surface area contributed by atoms with E-state index in [1.165, 1.54) is 48.8 Å². The van der Waals surface area contributed by atoms with Crippen LogP contribution >= 0.6 is 23.2 Å². The van der Waals surface area contributed by atoms with E-state index in [0.717, 1.165) is 6.07 Å². The van der Waals surface area contributed by atoms with E-state index >= 15 is 0 Å². The maximum atomic E-state index is 12.7. The molecule has 1 heterocycles. The van der Waals surface area contributed by atoms with Gasteiger partial charge in [0.15, 0.2) is 12.0 Å². The molecular formula is C21H16Cl2F3N3O4. The number of pyridine rings is 1. The van der Waals surface area contributed by atoms with Crippen molar-refractivity contribution in [3.63, 3.8) is 0 Å². The molecule has 0 aliphatic heterocycles. The van der Waals surface area contributed by atoms with Gasteiger partial charge in [0.2, 0.25) is 0 Å². The average Bonchev–Trinajstić information content (AvgIpc) is 2.75. The zero-order chi connectivity index (χ0) is 24.2.